The van der Waals surface area contributed by atoms with Crippen LogP contribution in [0.4, 0.5) is 0 Å². The average Bonchev–Trinajstić information content (AvgIpc) is 2.29. The summed E-state index contributed by atoms with van der Waals surface area (Å²) in [5, 5.41) is 0. The second-order valence-electron chi connectivity index (χ2n) is 4.86. The smallest absolute Gasteiger partial charge is 0.0284 e. The maximum absolute atomic E-state index is 3.99. The summed E-state index contributed by atoms with van der Waals surface area (Å²) in [5.74, 6) is 1.74. The van der Waals surface area contributed by atoms with Gasteiger partial charge in [0.2, 0.25) is 0 Å². The molecule has 0 aliphatic carbocycles. The second kappa shape index (κ2) is 6.51. The fourth-order valence-electron chi connectivity index (χ4n) is 2.24. The molecule has 0 spiro atoms. The van der Waals surface area contributed by atoms with E-state index in [2.05, 4.69) is 43.3 Å². The molecule has 0 unspecified atom stereocenters. The van der Waals surface area contributed by atoms with E-state index in [1.807, 2.05) is 6.21 Å². The maximum Gasteiger partial charge on any atom is 0.0284 e. The van der Waals surface area contributed by atoms with Crippen molar-refractivity contribution in [3.63, 3.8) is 0 Å². The lowest BCUT2D eigenvalue weighted by molar-refractivity contribution is 0.191. The Kier molecular flexibility index (Phi) is 5.30. The molecule has 0 amide bonds. The predicted octanol–water partition coefficient (Wildman–Crippen LogP) is 3.47. The number of piperidine rings is 1. The molecule has 90 valence electrons. The first kappa shape index (κ1) is 13.0. The highest BCUT2D eigenvalue weighted by Crippen LogP contribution is 2.25. The molecule has 0 N–H and O–H groups in total. The summed E-state index contributed by atoms with van der Waals surface area (Å²) < 4.78 is 0. The summed E-state index contributed by atoms with van der Waals surface area (Å²) in [6, 6.07) is 0. The largest absolute Gasteiger partial charge is 0.375 e. The number of rotatable bonds is 4. The zero-order valence-electron chi connectivity index (χ0n) is 10.8. The van der Waals surface area contributed by atoms with Gasteiger partial charge in [-0.15, -0.1) is 0 Å². The topological polar surface area (TPSA) is 15.6 Å². The summed E-state index contributed by atoms with van der Waals surface area (Å²) in [7, 11) is 0. The zero-order valence-corrected chi connectivity index (χ0v) is 10.8. The maximum atomic E-state index is 3.99. The quantitative estimate of drug-likeness (QED) is 0.662. The monoisotopic (exact) mass is 220 g/mol. The molecule has 1 rings (SSSR count). The molecule has 0 aromatic heterocycles. The Morgan fingerprint density at radius 3 is 2.50 bits per heavy atom. The lowest BCUT2D eigenvalue weighted by Crippen LogP contribution is -2.34. The normalized spacial score (nSPS) is 19.8. The highest BCUT2D eigenvalue weighted by Gasteiger charge is 2.21. The van der Waals surface area contributed by atoms with E-state index in [1.165, 1.54) is 31.6 Å². The molecule has 1 fully saturated rings. The Bertz CT molecular complexity index is 268. The van der Waals surface area contributed by atoms with E-state index < -0.39 is 0 Å². The van der Waals surface area contributed by atoms with E-state index in [0.717, 1.165) is 11.8 Å². The minimum atomic E-state index is 0.828. The Hall–Kier alpha value is -1.05. The van der Waals surface area contributed by atoms with E-state index >= 15 is 0 Å². The summed E-state index contributed by atoms with van der Waals surface area (Å²) >= 11 is 0. The number of allylic oxidation sites excluding steroid dienone is 2. The van der Waals surface area contributed by atoms with Crippen LogP contribution < -0.4 is 0 Å². The van der Waals surface area contributed by atoms with Crippen LogP contribution in [0.15, 0.2) is 29.5 Å². The van der Waals surface area contributed by atoms with Crippen molar-refractivity contribution in [3.05, 3.63) is 24.6 Å². The number of hydrogen-bond acceptors (Lipinski definition) is 2. The van der Waals surface area contributed by atoms with Crippen LogP contribution in [-0.2, 0) is 0 Å². The Balaban J connectivity index is 2.44. The molecular formula is C14H24N2. The molecule has 0 saturated carbocycles. The van der Waals surface area contributed by atoms with Crippen molar-refractivity contribution < 1.29 is 0 Å². The molecule has 0 aromatic carbocycles. The van der Waals surface area contributed by atoms with Crippen molar-refractivity contribution in [1.29, 1.82) is 0 Å². The zero-order chi connectivity index (χ0) is 12.0. The fourth-order valence-corrected chi connectivity index (χ4v) is 2.24. The van der Waals surface area contributed by atoms with Crippen molar-refractivity contribution in [1.82, 2.24) is 4.90 Å². The molecule has 16 heavy (non-hydrogen) atoms. The van der Waals surface area contributed by atoms with Crippen LogP contribution in [-0.4, -0.2) is 24.2 Å². The van der Waals surface area contributed by atoms with E-state index in [1.54, 1.807) is 6.20 Å². The average molecular weight is 220 g/mol. The number of likely N-dealkylation sites (tertiary alicyclic amines) is 1. The second-order valence-corrected chi connectivity index (χ2v) is 4.86. The van der Waals surface area contributed by atoms with Gasteiger partial charge in [0.25, 0.3) is 0 Å². The molecule has 1 aliphatic rings. The third-order valence-electron chi connectivity index (χ3n) is 3.49. The van der Waals surface area contributed by atoms with Crippen molar-refractivity contribution in [3.8, 4) is 0 Å². The van der Waals surface area contributed by atoms with Crippen molar-refractivity contribution in [2.45, 2.75) is 33.6 Å². The highest BCUT2D eigenvalue weighted by atomic mass is 15.1. The van der Waals surface area contributed by atoms with Crippen LogP contribution in [0.3, 0.4) is 0 Å². The summed E-state index contributed by atoms with van der Waals surface area (Å²) in [6.07, 6.45) is 8.09. The SMILES string of the molecule is C=C/N=C\C=C(/C)N1CCC(C(C)C)CC1. The van der Waals surface area contributed by atoms with Gasteiger partial charge in [0.1, 0.15) is 0 Å². The van der Waals surface area contributed by atoms with Gasteiger partial charge >= 0.3 is 0 Å². The van der Waals surface area contributed by atoms with E-state index in [-0.39, 0.29) is 0 Å². The lowest BCUT2D eigenvalue weighted by atomic mass is 9.86. The standard InChI is InChI=1S/C14H24N2/c1-5-15-9-6-13(4)16-10-7-14(8-11-16)12(2)3/h5-6,9,12,14H,1,7-8,10-11H2,2-4H3/b13-6+,15-9-. The highest BCUT2D eigenvalue weighted by molar-refractivity contribution is 5.72. The predicted molar refractivity (Wildman–Crippen MR) is 71.6 cm³/mol. The number of aliphatic imine (C=N–C) groups is 1. The molecule has 0 radical (unpaired) electrons. The Labute approximate surface area is 99.8 Å². The molecule has 1 heterocycles. The number of nitrogens with zero attached hydrogens (tertiary/aromatic N) is 2. The van der Waals surface area contributed by atoms with Crippen LogP contribution in [0.5, 0.6) is 0 Å². The molecule has 0 atom stereocenters. The summed E-state index contributed by atoms with van der Waals surface area (Å²) in [4.78, 5) is 6.44. The first-order valence-electron chi connectivity index (χ1n) is 6.21. The van der Waals surface area contributed by atoms with E-state index in [9.17, 15) is 0 Å². The van der Waals surface area contributed by atoms with Gasteiger partial charge in [-0.3, -0.25) is 4.99 Å². The van der Waals surface area contributed by atoms with Gasteiger partial charge < -0.3 is 4.90 Å². The van der Waals surface area contributed by atoms with Crippen LogP contribution in [0, 0.1) is 11.8 Å². The molecule has 1 aliphatic heterocycles. The minimum Gasteiger partial charge on any atom is -0.375 e. The van der Waals surface area contributed by atoms with Gasteiger partial charge in [-0.25, -0.2) is 0 Å². The van der Waals surface area contributed by atoms with Crippen molar-refractivity contribution in [2.24, 2.45) is 16.8 Å². The Morgan fingerprint density at radius 2 is 2.00 bits per heavy atom. The van der Waals surface area contributed by atoms with Gasteiger partial charge in [0.15, 0.2) is 0 Å². The fraction of sp³-hybridized carbons (Fsp3) is 0.643. The van der Waals surface area contributed by atoms with Gasteiger partial charge in [-0.1, -0.05) is 20.4 Å². The van der Waals surface area contributed by atoms with Crippen LogP contribution in [0.25, 0.3) is 0 Å². The van der Waals surface area contributed by atoms with Gasteiger partial charge in [-0.05, 0) is 37.7 Å². The lowest BCUT2D eigenvalue weighted by Gasteiger charge is -2.35. The third-order valence-corrected chi connectivity index (χ3v) is 3.49. The van der Waals surface area contributed by atoms with Crippen LogP contribution in [0.2, 0.25) is 0 Å². The van der Waals surface area contributed by atoms with Crippen molar-refractivity contribution in [2.75, 3.05) is 13.1 Å². The van der Waals surface area contributed by atoms with Crippen LogP contribution >= 0.6 is 0 Å². The van der Waals surface area contributed by atoms with Crippen LogP contribution in [0.1, 0.15) is 33.6 Å². The molecule has 2 nitrogen and oxygen atoms in total. The van der Waals surface area contributed by atoms with Crippen molar-refractivity contribution >= 4 is 6.21 Å². The van der Waals surface area contributed by atoms with Gasteiger partial charge in [0.05, 0.1) is 0 Å². The minimum absolute atomic E-state index is 0.828. The number of hydrogen-bond donors (Lipinski definition) is 0. The van der Waals surface area contributed by atoms with Gasteiger partial charge in [-0.2, -0.15) is 0 Å². The first-order valence-corrected chi connectivity index (χ1v) is 6.21. The molecule has 0 bridgehead atoms. The third kappa shape index (κ3) is 3.84. The molecular weight excluding hydrogens is 196 g/mol. The van der Waals surface area contributed by atoms with Gasteiger partial charge in [0, 0.05) is 31.2 Å². The molecule has 2 heteroatoms. The summed E-state index contributed by atoms with van der Waals surface area (Å²) in [6.45, 7) is 12.8. The van der Waals surface area contributed by atoms with E-state index in [4.69, 9.17) is 0 Å². The first-order chi connectivity index (χ1) is 7.65. The summed E-state index contributed by atoms with van der Waals surface area (Å²) in [5.41, 5.74) is 1.31. The molecule has 1 saturated heterocycles. The Morgan fingerprint density at radius 1 is 1.38 bits per heavy atom. The molecule has 0 aromatic rings. The van der Waals surface area contributed by atoms with E-state index in [0.29, 0.717) is 0 Å².